The number of hydrogen-bond donors (Lipinski definition) is 1. The highest BCUT2D eigenvalue weighted by Gasteiger charge is 2.07. The zero-order chi connectivity index (χ0) is 12.1. The first-order valence-electron chi connectivity index (χ1n) is 5.25. The summed E-state index contributed by atoms with van der Waals surface area (Å²) in [5.41, 5.74) is 1.25. The molecule has 86 valence electrons. The van der Waals surface area contributed by atoms with Gasteiger partial charge < -0.3 is 9.84 Å². The van der Waals surface area contributed by atoms with E-state index in [1.54, 1.807) is 36.4 Å². The third-order valence-electron chi connectivity index (χ3n) is 2.38. The predicted octanol–water partition coefficient (Wildman–Crippen LogP) is 2.25. The van der Waals surface area contributed by atoms with Crippen LogP contribution in [0.2, 0.25) is 0 Å². The first-order chi connectivity index (χ1) is 8.31. The van der Waals surface area contributed by atoms with Crippen molar-refractivity contribution in [2.24, 2.45) is 0 Å². The van der Waals surface area contributed by atoms with E-state index in [2.05, 4.69) is 0 Å². The minimum atomic E-state index is -0.369. The Bertz CT molecular complexity index is 489. The summed E-state index contributed by atoms with van der Waals surface area (Å²) in [6.07, 6.45) is 0. The Hall–Kier alpha value is -2.13. The summed E-state index contributed by atoms with van der Waals surface area (Å²) in [7, 11) is 0. The molecule has 2 rings (SSSR count). The molecular formula is C14H12O3. The number of ether oxygens (including phenoxy) is 1. The van der Waals surface area contributed by atoms with E-state index in [0.29, 0.717) is 16.9 Å². The van der Waals surface area contributed by atoms with Gasteiger partial charge in [-0.25, -0.2) is 0 Å². The molecule has 0 aliphatic rings. The number of hydrogen-bond acceptors (Lipinski definition) is 3. The van der Waals surface area contributed by atoms with E-state index < -0.39 is 0 Å². The normalized spacial score (nSPS) is 9.94. The van der Waals surface area contributed by atoms with E-state index in [9.17, 15) is 4.79 Å². The molecule has 0 aliphatic carbocycles. The van der Waals surface area contributed by atoms with Gasteiger partial charge in [-0.05, 0) is 24.3 Å². The minimum Gasteiger partial charge on any atom is -0.468 e. The van der Waals surface area contributed by atoms with Crippen LogP contribution in [0.1, 0.15) is 15.9 Å². The second-order valence-electron chi connectivity index (χ2n) is 3.49. The van der Waals surface area contributed by atoms with Gasteiger partial charge in [0.05, 0.1) is 0 Å². The lowest BCUT2D eigenvalue weighted by molar-refractivity contribution is 0.0985. The lowest BCUT2D eigenvalue weighted by atomic mass is 10.0. The molecule has 3 nitrogen and oxygen atoms in total. The molecule has 0 fully saturated rings. The van der Waals surface area contributed by atoms with Gasteiger partial charge in [-0.15, -0.1) is 0 Å². The van der Waals surface area contributed by atoms with Crippen LogP contribution in [0.5, 0.6) is 5.75 Å². The van der Waals surface area contributed by atoms with E-state index >= 15 is 0 Å². The Morgan fingerprint density at radius 2 is 1.53 bits per heavy atom. The molecule has 0 radical (unpaired) electrons. The average Bonchev–Trinajstić information content (AvgIpc) is 2.40. The smallest absolute Gasteiger partial charge is 0.193 e. The van der Waals surface area contributed by atoms with Crippen molar-refractivity contribution >= 4 is 5.78 Å². The second-order valence-corrected chi connectivity index (χ2v) is 3.49. The standard InChI is InChI=1S/C14H12O3/c15-10-17-13-8-6-12(7-9-13)14(16)11-4-2-1-3-5-11/h1-9,15H,10H2. The molecule has 3 heteroatoms. The molecule has 0 saturated heterocycles. The number of carbonyl (C=O) groups excluding carboxylic acids is 1. The van der Waals surface area contributed by atoms with E-state index in [1.807, 2.05) is 18.2 Å². The van der Waals surface area contributed by atoms with Crippen molar-refractivity contribution in [2.45, 2.75) is 0 Å². The van der Waals surface area contributed by atoms with E-state index in [-0.39, 0.29) is 12.6 Å². The van der Waals surface area contributed by atoms with Crippen LogP contribution in [0.25, 0.3) is 0 Å². The lowest BCUT2D eigenvalue weighted by Gasteiger charge is -2.04. The van der Waals surface area contributed by atoms with Gasteiger partial charge in [0.2, 0.25) is 0 Å². The summed E-state index contributed by atoms with van der Waals surface area (Å²) in [4.78, 5) is 12.0. The number of ketones is 1. The first-order valence-corrected chi connectivity index (χ1v) is 5.25. The van der Waals surface area contributed by atoms with E-state index in [4.69, 9.17) is 9.84 Å². The van der Waals surface area contributed by atoms with Gasteiger partial charge in [-0.1, -0.05) is 30.3 Å². The molecule has 0 bridgehead atoms. The molecule has 0 atom stereocenters. The molecule has 0 aromatic heterocycles. The van der Waals surface area contributed by atoms with Crippen molar-refractivity contribution in [3.63, 3.8) is 0 Å². The van der Waals surface area contributed by atoms with Crippen molar-refractivity contribution in [3.8, 4) is 5.75 Å². The van der Waals surface area contributed by atoms with Gasteiger partial charge in [0.25, 0.3) is 0 Å². The van der Waals surface area contributed by atoms with Crippen LogP contribution >= 0.6 is 0 Å². The molecule has 0 heterocycles. The first kappa shape index (κ1) is 11.4. The van der Waals surface area contributed by atoms with Crippen LogP contribution in [0, 0.1) is 0 Å². The summed E-state index contributed by atoms with van der Waals surface area (Å²) in [6.45, 7) is -0.369. The number of benzene rings is 2. The quantitative estimate of drug-likeness (QED) is 0.645. The van der Waals surface area contributed by atoms with Crippen LogP contribution in [0.4, 0.5) is 0 Å². The summed E-state index contributed by atoms with van der Waals surface area (Å²) in [5, 5.41) is 8.59. The molecule has 2 aromatic rings. The SMILES string of the molecule is O=C(c1ccccc1)c1ccc(OCO)cc1. The third-order valence-corrected chi connectivity index (χ3v) is 2.38. The molecule has 1 N–H and O–H groups in total. The Kier molecular flexibility index (Phi) is 3.52. The fourth-order valence-electron chi connectivity index (χ4n) is 1.53. The zero-order valence-corrected chi connectivity index (χ0v) is 9.17. The zero-order valence-electron chi connectivity index (χ0n) is 9.17. The van der Waals surface area contributed by atoms with Gasteiger partial charge in [0.15, 0.2) is 12.6 Å². The molecule has 2 aromatic carbocycles. The Balaban J connectivity index is 2.20. The number of rotatable bonds is 4. The van der Waals surface area contributed by atoms with Crippen LogP contribution < -0.4 is 4.74 Å². The number of aliphatic hydroxyl groups is 1. The number of aliphatic hydroxyl groups excluding tert-OH is 1. The molecular weight excluding hydrogens is 216 g/mol. The molecule has 0 aliphatic heterocycles. The van der Waals surface area contributed by atoms with Gasteiger partial charge in [0.1, 0.15) is 5.75 Å². The minimum absolute atomic E-state index is 0.0267. The Labute approximate surface area is 99.3 Å². The van der Waals surface area contributed by atoms with Crippen molar-refractivity contribution in [2.75, 3.05) is 6.79 Å². The predicted molar refractivity (Wildman–Crippen MR) is 64.0 cm³/mol. The van der Waals surface area contributed by atoms with E-state index in [0.717, 1.165) is 0 Å². The van der Waals surface area contributed by atoms with Gasteiger partial charge in [0, 0.05) is 11.1 Å². The van der Waals surface area contributed by atoms with Crippen LogP contribution in [-0.4, -0.2) is 17.7 Å². The van der Waals surface area contributed by atoms with E-state index in [1.165, 1.54) is 0 Å². The summed E-state index contributed by atoms with van der Waals surface area (Å²) < 4.78 is 4.89. The average molecular weight is 228 g/mol. The molecule has 0 spiro atoms. The maximum absolute atomic E-state index is 12.0. The summed E-state index contributed by atoms with van der Waals surface area (Å²) in [6, 6.07) is 15.8. The Morgan fingerprint density at radius 1 is 0.941 bits per heavy atom. The lowest BCUT2D eigenvalue weighted by Crippen LogP contribution is -2.01. The molecule has 0 amide bonds. The molecule has 0 saturated carbocycles. The third kappa shape index (κ3) is 2.71. The van der Waals surface area contributed by atoms with Crippen molar-refractivity contribution in [1.82, 2.24) is 0 Å². The van der Waals surface area contributed by atoms with Gasteiger partial charge in [-0.3, -0.25) is 4.79 Å². The van der Waals surface area contributed by atoms with Crippen molar-refractivity contribution < 1.29 is 14.6 Å². The highest BCUT2D eigenvalue weighted by molar-refractivity contribution is 6.08. The summed E-state index contributed by atoms with van der Waals surface area (Å²) in [5.74, 6) is 0.512. The fourth-order valence-corrected chi connectivity index (χ4v) is 1.53. The van der Waals surface area contributed by atoms with Crippen molar-refractivity contribution in [1.29, 1.82) is 0 Å². The maximum atomic E-state index is 12.0. The van der Waals surface area contributed by atoms with Crippen LogP contribution in [0.3, 0.4) is 0 Å². The maximum Gasteiger partial charge on any atom is 0.193 e. The monoisotopic (exact) mass is 228 g/mol. The highest BCUT2D eigenvalue weighted by atomic mass is 16.6. The summed E-state index contributed by atoms with van der Waals surface area (Å²) >= 11 is 0. The van der Waals surface area contributed by atoms with Crippen molar-refractivity contribution in [3.05, 3.63) is 65.7 Å². The van der Waals surface area contributed by atoms with Gasteiger partial charge >= 0.3 is 0 Å². The number of carbonyl (C=O) groups is 1. The van der Waals surface area contributed by atoms with Gasteiger partial charge in [-0.2, -0.15) is 0 Å². The largest absolute Gasteiger partial charge is 0.468 e. The highest BCUT2D eigenvalue weighted by Crippen LogP contribution is 2.15. The molecule has 17 heavy (non-hydrogen) atoms. The second kappa shape index (κ2) is 5.27. The van der Waals surface area contributed by atoms with Crippen LogP contribution in [-0.2, 0) is 0 Å². The fraction of sp³-hybridized carbons (Fsp3) is 0.0714. The van der Waals surface area contributed by atoms with Crippen LogP contribution in [0.15, 0.2) is 54.6 Å². The topological polar surface area (TPSA) is 46.5 Å². The Morgan fingerprint density at radius 3 is 2.12 bits per heavy atom. The molecule has 0 unspecified atom stereocenters.